The second-order valence-electron chi connectivity index (χ2n) is 18.6. The summed E-state index contributed by atoms with van der Waals surface area (Å²) in [6.45, 7) is 7.06. The Kier molecular flexibility index (Phi) is 11.1. The van der Waals surface area contributed by atoms with Crippen molar-refractivity contribution in [3.8, 4) is 0 Å². The van der Waals surface area contributed by atoms with Gasteiger partial charge < -0.3 is 74.0 Å². The fourth-order valence-corrected chi connectivity index (χ4v) is 12.3. The van der Waals surface area contributed by atoms with Crippen LogP contribution in [0.25, 0.3) is 0 Å². The fourth-order valence-electron chi connectivity index (χ4n) is 12.3. The number of aliphatic hydroxyl groups excluding tert-OH is 6. The maximum atomic E-state index is 13.8. The molecule has 21 atom stereocenters. The first-order valence-electron chi connectivity index (χ1n) is 20.6. The highest BCUT2D eigenvalue weighted by atomic mass is 16.7. The van der Waals surface area contributed by atoms with Crippen LogP contribution in [0.3, 0.4) is 0 Å². The first-order valence-corrected chi connectivity index (χ1v) is 20.6. The first kappa shape index (κ1) is 42.0. The Morgan fingerprint density at radius 3 is 2.21 bits per heavy atom. The third kappa shape index (κ3) is 6.58. The van der Waals surface area contributed by atoms with E-state index < -0.39 is 102 Å². The monoisotopic (exact) mass is 812 g/mol. The highest BCUT2D eigenvalue weighted by Crippen LogP contribution is 2.70. The molecular weight excluding hydrogens is 752 g/mol. The molecule has 17 heteroatoms. The van der Waals surface area contributed by atoms with Crippen LogP contribution >= 0.6 is 0 Å². The summed E-state index contributed by atoms with van der Waals surface area (Å²) in [7, 11) is 0. The maximum Gasteiger partial charge on any atom is 0.331 e. The van der Waals surface area contributed by atoms with E-state index in [1.54, 1.807) is 6.92 Å². The molecule has 7 fully saturated rings. The van der Waals surface area contributed by atoms with Gasteiger partial charge in [-0.3, -0.25) is 4.79 Å². The molecule has 4 saturated carbocycles. The van der Waals surface area contributed by atoms with Gasteiger partial charge in [-0.1, -0.05) is 13.8 Å². The van der Waals surface area contributed by atoms with E-state index in [0.717, 1.165) is 0 Å². The zero-order valence-corrected chi connectivity index (χ0v) is 32.9. The molecule has 4 heterocycles. The molecule has 4 aliphatic carbocycles. The highest BCUT2D eigenvalue weighted by Gasteiger charge is 2.77. The predicted octanol–water partition coefficient (Wildman–Crippen LogP) is -0.906. The summed E-state index contributed by atoms with van der Waals surface area (Å²) in [5.41, 5.74) is -4.16. The summed E-state index contributed by atoms with van der Waals surface area (Å²) in [6, 6.07) is 0. The van der Waals surface area contributed by atoms with Crippen LogP contribution in [0.4, 0.5) is 0 Å². The van der Waals surface area contributed by atoms with Crippen molar-refractivity contribution in [2.75, 3.05) is 13.2 Å². The van der Waals surface area contributed by atoms with Crippen molar-refractivity contribution in [1.82, 2.24) is 0 Å². The Labute approximate surface area is 331 Å². The number of cyclic esters (lactones) is 1. The molecular formula is C40H60O17. The number of hydrogen-bond donors (Lipinski definition) is 8. The Morgan fingerprint density at radius 2 is 1.51 bits per heavy atom. The summed E-state index contributed by atoms with van der Waals surface area (Å²) in [5.74, 6) is -1.37. The van der Waals surface area contributed by atoms with Gasteiger partial charge >= 0.3 is 5.97 Å². The second kappa shape index (κ2) is 15.0. The van der Waals surface area contributed by atoms with Gasteiger partial charge in [-0.2, -0.15) is 0 Å². The van der Waals surface area contributed by atoms with Crippen molar-refractivity contribution in [3.63, 3.8) is 0 Å². The number of aliphatic hydroxyl groups is 8. The second-order valence-corrected chi connectivity index (χ2v) is 18.6. The summed E-state index contributed by atoms with van der Waals surface area (Å²) < 4.78 is 40.5. The van der Waals surface area contributed by atoms with Crippen molar-refractivity contribution in [1.29, 1.82) is 0 Å². The van der Waals surface area contributed by atoms with Crippen molar-refractivity contribution in [3.05, 3.63) is 11.6 Å². The van der Waals surface area contributed by atoms with E-state index in [0.29, 0.717) is 44.1 Å². The number of ether oxygens (including phenoxy) is 7. The number of rotatable bonds is 7. The van der Waals surface area contributed by atoms with Gasteiger partial charge in [0, 0.05) is 24.3 Å². The number of ketones is 1. The molecule has 4 aliphatic heterocycles. The molecule has 17 nitrogen and oxygen atoms in total. The van der Waals surface area contributed by atoms with Gasteiger partial charge in [0.1, 0.15) is 54.9 Å². The predicted molar refractivity (Wildman–Crippen MR) is 191 cm³/mol. The summed E-state index contributed by atoms with van der Waals surface area (Å²) in [5, 5.41) is 88.4. The van der Waals surface area contributed by atoms with Crippen molar-refractivity contribution in [2.45, 2.75) is 183 Å². The van der Waals surface area contributed by atoms with E-state index in [2.05, 4.69) is 6.92 Å². The van der Waals surface area contributed by atoms with Gasteiger partial charge in [0.25, 0.3) is 0 Å². The van der Waals surface area contributed by atoms with Crippen LogP contribution in [-0.4, -0.2) is 163 Å². The van der Waals surface area contributed by atoms with Crippen molar-refractivity contribution < 1.29 is 83.6 Å². The first-order chi connectivity index (χ1) is 26.8. The summed E-state index contributed by atoms with van der Waals surface area (Å²) in [6.07, 6.45) is -10.5. The van der Waals surface area contributed by atoms with Crippen LogP contribution in [0.5, 0.6) is 0 Å². The Bertz CT molecular complexity index is 1570. The average molecular weight is 813 g/mol. The molecule has 8 N–H and O–H groups in total. The molecule has 0 aromatic rings. The topological polar surface area (TPSA) is 261 Å². The van der Waals surface area contributed by atoms with Crippen LogP contribution in [0.1, 0.15) is 85.5 Å². The van der Waals surface area contributed by atoms with Crippen LogP contribution < -0.4 is 0 Å². The molecule has 0 aromatic carbocycles. The number of fused-ring (bicyclic) bond motifs is 5. The van der Waals surface area contributed by atoms with E-state index in [1.807, 2.05) is 6.92 Å². The van der Waals surface area contributed by atoms with E-state index >= 15 is 0 Å². The minimum atomic E-state index is -1.95. The van der Waals surface area contributed by atoms with Gasteiger partial charge in [0.05, 0.1) is 31.0 Å². The van der Waals surface area contributed by atoms with Crippen LogP contribution in [0.15, 0.2) is 11.6 Å². The molecule has 0 aromatic heterocycles. The lowest BCUT2D eigenvalue weighted by Gasteiger charge is -2.66. The Morgan fingerprint density at radius 1 is 0.772 bits per heavy atom. The molecule has 322 valence electrons. The maximum absolute atomic E-state index is 13.8. The van der Waals surface area contributed by atoms with Crippen molar-refractivity contribution in [2.24, 2.45) is 28.6 Å². The van der Waals surface area contributed by atoms with Gasteiger partial charge in [0.15, 0.2) is 30.3 Å². The van der Waals surface area contributed by atoms with E-state index in [4.69, 9.17) is 33.2 Å². The molecule has 8 aliphatic rings. The number of carbonyl (C=O) groups is 2. The standard InChI is InChI=1S/C40H60O17/c1-17-29(44)31(46)33(48)36(54-17)56-24-16-52-35(32(47)30(24)45)57-34-18(2)53-28(14-23(34)41)55-21-6-8-37(3)20(12-21)5-10-39(49)25(37)7-9-38(4)22(13-26(42)40(38,39)50)19-11-27(43)51-15-19/h11,17-18,20-25,28-36,41,44-50H,5-10,12-16H2,1-4H3. The fraction of sp³-hybridized carbons (Fsp3) is 0.900. The average Bonchev–Trinajstić information content (AvgIpc) is 3.68. The molecule has 0 spiro atoms. The highest BCUT2D eigenvalue weighted by molar-refractivity contribution is 5.94. The lowest BCUT2D eigenvalue weighted by atomic mass is 9.41. The number of Topliss-reactive ketones (excluding diaryl/α,β-unsaturated/α-hetero) is 1. The Hall–Kier alpha value is -1.68. The number of esters is 1. The van der Waals surface area contributed by atoms with Gasteiger partial charge in [-0.25, -0.2) is 4.79 Å². The normalized spacial score (nSPS) is 55.4. The molecule has 21 unspecified atom stereocenters. The van der Waals surface area contributed by atoms with Gasteiger partial charge in [-0.05, 0) is 87.5 Å². The quantitative estimate of drug-likeness (QED) is 0.114. The smallest absolute Gasteiger partial charge is 0.331 e. The third-order valence-electron chi connectivity index (χ3n) is 15.7. The van der Waals surface area contributed by atoms with Crippen molar-refractivity contribution >= 4 is 11.8 Å². The summed E-state index contributed by atoms with van der Waals surface area (Å²) in [4.78, 5) is 25.8. The van der Waals surface area contributed by atoms with E-state index in [1.165, 1.54) is 13.0 Å². The Balaban J connectivity index is 0.853. The summed E-state index contributed by atoms with van der Waals surface area (Å²) >= 11 is 0. The van der Waals surface area contributed by atoms with Crippen LogP contribution in [0.2, 0.25) is 0 Å². The SMILES string of the molecule is CC1OC(OC2COC(OC3C(O)CC(OC4CCC5(C)C(CCC6(O)C5CCC5(C)C(C7=CC(=O)OC7)CC(=O)C56O)C4)OC3C)C(O)C2O)C(O)C(O)C1O. The van der Waals surface area contributed by atoms with Gasteiger partial charge in [0.2, 0.25) is 0 Å². The van der Waals surface area contributed by atoms with Crippen LogP contribution in [-0.2, 0) is 42.7 Å². The molecule has 0 bridgehead atoms. The third-order valence-corrected chi connectivity index (χ3v) is 15.7. The minimum absolute atomic E-state index is 0.0602. The largest absolute Gasteiger partial charge is 0.458 e. The lowest BCUT2D eigenvalue weighted by Crippen LogP contribution is -2.75. The number of carbonyl (C=O) groups excluding carboxylic acids is 2. The molecule has 3 saturated heterocycles. The zero-order chi connectivity index (χ0) is 41.0. The molecule has 57 heavy (non-hydrogen) atoms. The van der Waals surface area contributed by atoms with E-state index in [9.17, 15) is 50.4 Å². The molecule has 0 amide bonds. The zero-order valence-electron chi connectivity index (χ0n) is 32.9. The lowest BCUT2D eigenvalue weighted by molar-refractivity contribution is -0.355. The van der Waals surface area contributed by atoms with E-state index in [-0.39, 0.29) is 67.5 Å². The molecule has 0 radical (unpaired) electrons. The number of hydrogen-bond acceptors (Lipinski definition) is 17. The molecule has 8 rings (SSSR count). The van der Waals surface area contributed by atoms with Crippen LogP contribution in [0, 0.1) is 28.6 Å². The minimum Gasteiger partial charge on any atom is -0.458 e. The van der Waals surface area contributed by atoms with Gasteiger partial charge in [-0.15, -0.1) is 0 Å².